The Balaban J connectivity index is 1.39. The second-order valence-electron chi connectivity index (χ2n) is 9.09. The Morgan fingerprint density at radius 1 is 0.861 bits per heavy atom. The van der Waals surface area contributed by atoms with E-state index in [4.69, 9.17) is 14.0 Å². The fourth-order valence-electron chi connectivity index (χ4n) is 4.85. The number of hydrogen-bond donors (Lipinski definition) is 0. The van der Waals surface area contributed by atoms with Crippen LogP contribution in [0.2, 0.25) is 0 Å². The fourth-order valence-corrected chi connectivity index (χ4v) is 4.85. The van der Waals surface area contributed by atoms with E-state index in [0.29, 0.717) is 24.4 Å². The minimum Gasteiger partial charge on any atom is -0.454 e. The molecule has 1 fully saturated rings. The van der Waals surface area contributed by atoms with E-state index in [1.54, 1.807) is 0 Å². The van der Waals surface area contributed by atoms with Crippen molar-refractivity contribution in [3.8, 4) is 22.8 Å². The zero-order valence-electron chi connectivity index (χ0n) is 19.9. The third-order valence-corrected chi connectivity index (χ3v) is 6.68. The van der Waals surface area contributed by atoms with Crippen LogP contribution in [-0.4, -0.2) is 35.8 Å². The molecule has 7 heteroatoms. The number of benzene rings is 3. The molecule has 6 rings (SSSR count). The summed E-state index contributed by atoms with van der Waals surface area (Å²) in [5.74, 6) is 2.12. The van der Waals surface area contributed by atoms with Gasteiger partial charge in [-0.05, 0) is 42.7 Å². The number of carbonyl (C=O) groups excluding carboxylic acids is 1. The normalized spacial score (nSPS) is 14.3. The Morgan fingerprint density at radius 2 is 1.58 bits per heavy atom. The van der Waals surface area contributed by atoms with Gasteiger partial charge in [0.05, 0.1) is 12.1 Å². The van der Waals surface area contributed by atoms with Crippen LogP contribution in [0.1, 0.15) is 34.3 Å². The van der Waals surface area contributed by atoms with E-state index >= 15 is 0 Å². The minimum absolute atomic E-state index is 0.0548. The monoisotopic (exact) mass is 481 g/mol. The highest BCUT2D eigenvalue weighted by Crippen LogP contribution is 2.36. The lowest BCUT2D eigenvalue weighted by molar-refractivity contribution is 0.0730. The first-order valence-electron chi connectivity index (χ1n) is 12.3. The topological polar surface area (TPSA) is 68.0 Å². The summed E-state index contributed by atoms with van der Waals surface area (Å²) < 4.78 is 17.0. The number of aromatic nitrogens is 1. The molecule has 0 radical (unpaired) electrons. The smallest absolute Gasteiger partial charge is 0.254 e. The molecule has 1 saturated heterocycles. The Kier molecular flexibility index (Phi) is 6.03. The summed E-state index contributed by atoms with van der Waals surface area (Å²) in [6.07, 6.45) is 2.23. The van der Waals surface area contributed by atoms with Crippen LogP contribution in [0.25, 0.3) is 11.3 Å². The number of carbonyl (C=O) groups is 1. The lowest BCUT2D eigenvalue weighted by atomic mass is 10.1. The van der Waals surface area contributed by atoms with Crippen molar-refractivity contribution in [3.63, 3.8) is 0 Å². The van der Waals surface area contributed by atoms with Gasteiger partial charge in [0.15, 0.2) is 11.5 Å². The molecule has 3 heterocycles. The molecule has 0 saturated carbocycles. The number of amides is 1. The first-order chi connectivity index (χ1) is 17.8. The van der Waals surface area contributed by atoms with Gasteiger partial charge in [0, 0.05) is 30.8 Å². The van der Waals surface area contributed by atoms with Crippen LogP contribution in [0, 0.1) is 0 Å². The van der Waals surface area contributed by atoms with Gasteiger partial charge in [-0.1, -0.05) is 59.8 Å². The molecule has 4 aromatic rings. The molecule has 0 spiro atoms. The van der Waals surface area contributed by atoms with E-state index in [0.717, 1.165) is 59.9 Å². The molecule has 2 aliphatic rings. The summed E-state index contributed by atoms with van der Waals surface area (Å²) in [7, 11) is 0. The molecule has 0 aliphatic carbocycles. The molecule has 2 aliphatic heterocycles. The Bertz CT molecular complexity index is 1350. The number of anilines is 1. The SMILES string of the molecule is O=C(c1ccccc1)N(Cc1ccc2c(c1)OCO2)Cc1c(-c2ccccc2)noc1N1CCCC1. The third kappa shape index (κ3) is 4.40. The predicted molar refractivity (Wildman–Crippen MR) is 136 cm³/mol. The largest absolute Gasteiger partial charge is 0.454 e. The predicted octanol–water partition coefficient (Wildman–Crippen LogP) is 5.51. The highest BCUT2D eigenvalue weighted by Gasteiger charge is 2.28. The van der Waals surface area contributed by atoms with E-state index in [1.807, 2.05) is 83.8 Å². The Morgan fingerprint density at radius 3 is 2.36 bits per heavy atom. The van der Waals surface area contributed by atoms with Crippen LogP contribution < -0.4 is 14.4 Å². The van der Waals surface area contributed by atoms with Crippen molar-refractivity contribution in [1.82, 2.24) is 10.1 Å². The summed E-state index contributed by atoms with van der Waals surface area (Å²) in [4.78, 5) is 17.9. The van der Waals surface area contributed by atoms with Crippen molar-refractivity contribution in [2.24, 2.45) is 0 Å². The molecule has 1 amide bonds. The molecular weight excluding hydrogens is 454 g/mol. The third-order valence-electron chi connectivity index (χ3n) is 6.68. The molecule has 36 heavy (non-hydrogen) atoms. The first kappa shape index (κ1) is 22.2. The number of rotatable bonds is 7. The lowest BCUT2D eigenvalue weighted by Gasteiger charge is -2.25. The van der Waals surface area contributed by atoms with Gasteiger partial charge < -0.3 is 23.8 Å². The number of fused-ring (bicyclic) bond motifs is 1. The van der Waals surface area contributed by atoms with Crippen molar-refractivity contribution in [2.75, 3.05) is 24.8 Å². The highest BCUT2D eigenvalue weighted by atomic mass is 16.7. The van der Waals surface area contributed by atoms with Gasteiger partial charge in [0.1, 0.15) is 5.69 Å². The molecule has 0 N–H and O–H groups in total. The van der Waals surface area contributed by atoms with Crippen LogP contribution >= 0.6 is 0 Å². The maximum Gasteiger partial charge on any atom is 0.254 e. The molecule has 0 atom stereocenters. The Labute approximate surface area is 209 Å². The van der Waals surface area contributed by atoms with Gasteiger partial charge in [0.25, 0.3) is 5.91 Å². The highest BCUT2D eigenvalue weighted by molar-refractivity contribution is 5.94. The first-order valence-corrected chi connectivity index (χ1v) is 12.3. The van der Waals surface area contributed by atoms with E-state index in [-0.39, 0.29) is 12.7 Å². The quantitative estimate of drug-likeness (QED) is 0.347. The van der Waals surface area contributed by atoms with Gasteiger partial charge in [-0.15, -0.1) is 0 Å². The molecule has 1 aromatic heterocycles. The van der Waals surface area contributed by atoms with Gasteiger partial charge in [-0.3, -0.25) is 4.79 Å². The summed E-state index contributed by atoms with van der Waals surface area (Å²) in [5, 5.41) is 4.48. The second-order valence-corrected chi connectivity index (χ2v) is 9.09. The van der Waals surface area contributed by atoms with Crippen molar-refractivity contribution in [3.05, 3.63) is 95.6 Å². The van der Waals surface area contributed by atoms with E-state index < -0.39 is 0 Å². The van der Waals surface area contributed by atoms with E-state index in [1.165, 1.54) is 0 Å². The van der Waals surface area contributed by atoms with Gasteiger partial charge in [-0.25, -0.2) is 0 Å². The summed E-state index contributed by atoms with van der Waals surface area (Å²) in [6, 6.07) is 25.2. The van der Waals surface area contributed by atoms with Crippen LogP contribution in [-0.2, 0) is 13.1 Å². The van der Waals surface area contributed by atoms with Gasteiger partial charge in [0.2, 0.25) is 12.7 Å². The molecule has 7 nitrogen and oxygen atoms in total. The van der Waals surface area contributed by atoms with Gasteiger partial charge >= 0.3 is 0 Å². The number of ether oxygens (including phenoxy) is 2. The van der Waals surface area contributed by atoms with Crippen LogP contribution in [0.4, 0.5) is 5.88 Å². The molecule has 0 bridgehead atoms. The maximum absolute atomic E-state index is 13.8. The van der Waals surface area contributed by atoms with Crippen molar-refractivity contribution in [1.29, 1.82) is 0 Å². The molecular formula is C29H27N3O4. The van der Waals surface area contributed by atoms with Crippen LogP contribution in [0.3, 0.4) is 0 Å². The summed E-state index contributed by atoms with van der Waals surface area (Å²) >= 11 is 0. The molecule has 182 valence electrons. The number of hydrogen-bond acceptors (Lipinski definition) is 6. The number of nitrogens with zero attached hydrogens (tertiary/aromatic N) is 3. The van der Waals surface area contributed by atoms with E-state index in [2.05, 4.69) is 10.1 Å². The summed E-state index contributed by atoms with van der Waals surface area (Å²) in [6.45, 7) is 2.83. The van der Waals surface area contributed by atoms with Crippen LogP contribution in [0.15, 0.2) is 83.4 Å². The van der Waals surface area contributed by atoms with Gasteiger partial charge in [-0.2, -0.15) is 0 Å². The fraction of sp³-hybridized carbons (Fsp3) is 0.241. The zero-order valence-corrected chi connectivity index (χ0v) is 19.9. The van der Waals surface area contributed by atoms with Crippen molar-refractivity contribution in [2.45, 2.75) is 25.9 Å². The second kappa shape index (κ2) is 9.77. The van der Waals surface area contributed by atoms with E-state index in [9.17, 15) is 4.79 Å². The van der Waals surface area contributed by atoms with Crippen LogP contribution in [0.5, 0.6) is 11.5 Å². The van der Waals surface area contributed by atoms with Crippen molar-refractivity contribution >= 4 is 11.8 Å². The average molecular weight is 482 g/mol. The van der Waals surface area contributed by atoms with Crippen molar-refractivity contribution < 1.29 is 18.8 Å². The minimum atomic E-state index is -0.0548. The zero-order chi connectivity index (χ0) is 24.3. The Hall–Kier alpha value is -4.26. The molecule has 3 aromatic carbocycles. The standard InChI is InChI=1S/C29H27N3O4/c33-28(23-11-5-2-6-12-23)32(18-21-13-14-25-26(17-21)35-20-34-25)19-24-27(22-9-3-1-4-10-22)30-36-29(24)31-15-7-8-16-31/h1-6,9-14,17H,7-8,15-16,18-20H2. The lowest BCUT2D eigenvalue weighted by Crippen LogP contribution is -2.31. The molecule has 0 unspecified atom stereocenters. The maximum atomic E-state index is 13.8. The summed E-state index contributed by atoms with van der Waals surface area (Å²) in [5.41, 5.74) is 4.27. The average Bonchev–Trinajstić information content (AvgIpc) is 3.69.